The van der Waals surface area contributed by atoms with Crippen LogP contribution in [0.15, 0.2) is 60.7 Å². The number of aryl methyl sites for hydroxylation is 1. The molecule has 1 saturated heterocycles. The van der Waals surface area contributed by atoms with Gasteiger partial charge in [-0.25, -0.2) is 0 Å². The van der Waals surface area contributed by atoms with Crippen molar-refractivity contribution in [3.63, 3.8) is 0 Å². The number of hydrogen-bond acceptors (Lipinski definition) is 0. The Morgan fingerprint density at radius 2 is 1.25 bits per heavy atom. The molecule has 0 radical (unpaired) electrons. The fraction of sp³-hybridized carbons (Fsp3) is 0.200. The van der Waals surface area contributed by atoms with Crippen molar-refractivity contribution < 1.29 is 0 Å². The summed E-state index contributed by atoms with van der Waals surface area (Å²) in [7, 11) is 0. The molecule has 0 unspecified atom stereocenters. The third-order valence-electron chi connectivity index (χ3n) is 2.36. The van der Waals surface area contributed by atoms with Gasteiger partial charge in [0.25, 0.3) is 0 Å². The van der Waals surface area contributed by atoms with Crippen molar-refractivity contribution in [3.8, 4) is 0 Å². The molecule has 0 spiro atoms. The summed E-state index contributed by atoms with van der Waals surface area (Å²) in [6, 6.07) is 21.3. The molecule has 1 heteroatoms. The predicted octanol–water partition coefficient (Wildman–Crippen LogP) is 4.37. The van der Waals surface area contributed by atoms with Crippen molar-refractivity contribution in [2.24, 2.45) is 0 Å². The molecule has 2 aromatic carbocycles. The fourth-order valence-corrected chi connectivity index (χ4v) is 5.63. The Morgan fingerprint density at radius 3 is 1.62 bits per heavy atom. The van der Waals surface area contributed by atoms with Crippen molar-refractivity contribution in [1.29, 1.82) is 0 Å². The van der Waals surface area contributed by atoms with Gasteiger partial charge in [0, 0.05) is 0 Å². The zero-order chi connectivity index (χ0) is 11.2. The van der Waals surface area contributed by atoms with Crippen LogP contribution in [0.25, 0.3) is 0 Å². The molecule has 1 aliphatic heterocycles. The van der Waals surface area contributed by atoms with E-state index in [2.05, 4.69) is 49.4 Å². The van der Waals surface area contributed by atoms with Gasteiger partial charge in [-0.2, -0.15) is 0 Å². The van der Waals surface area contributed by atoms with E-state index in [1.807, 2.05) is 18.2 Å². The Labute approximate surface area is 105 Å². The first-order valence-corrected chi connectivity index (χ1v) is 9.67. The topological polar surface area (TPSA) is 0 Å². The van der Waals surface area contributed by atoms with E-state index >= 15 is 0 Å². The predicted molar refractivity (Wildman–Crippen MR) is 80.1 cm³/mol. The molecule has 0 aromatic heterocycles. The van der Waals surface area contributed by atoms with Crippen LogP contribution < -0.4 is 0 Å². The van der Waals surface area contributed by atoms with Gasteiger partial charge >= 0.3 is 62.6 Å². The zero-order valence-electron chi connectivity index (χ0n) is 9.57. The van der Waals surface area contributed by atoms with Crippen molar-refractivity contribution in [2.45, 2.75) is 6.92 Å². The van der Waals surface area contributed by atoms with Crippen LogP contribution in [-0.4, -0.2) is 8.86 Å². The summed E-state index contributed by atoms with van der Waals surface area (Å²) < 4.78 is 4.81. The SMILES string of the molecule is Cc1ccccc1.c1ccc(I2CC2)cc1. The van der Waals surface area contributed by atoms with Gasteiger partial charge in [-0.3, -0.25) is 0 Å². The molecule has 1 aliphatic rings. The average molecular weight is 324 g/mol. The van der Waals surface area contributed by atoms with Gasteiger partial charge in [-0.1, -0.05) is 35.9 Å². The monoisotopic (exact) mass is 324 g/mol. The molecule has 1 fully saturated rings. The Balaban J connectivity index is 0.000000125. The quantitative estimate of drug-likeness (QED) is 0.540. The van der Waals surface area contributed by atoms with Crippen LogP contribution in [0.2, 0.25) is 0 Å². The number of benzene rings is 2. The summed E-state index contributed by atoms with van der Waals surface area (Å²) in [4.78, 5) is 0. The van der Waals surface area contributed by atoms with Gasteiger partial charge < -0.3 is 0 Å². The van der Waals surface area contributed by atoms with E-state index in [1.165, 1.54) is 5.56 Å². The molecule has 0 saturated carbocycles. The van der Waals surface area contributed by atoms with Gasteiger partial charge in [-0.05, 0) is 6.92 Å². The first kappa shape index (κ1) is 11.6. The molecule has 2 aromatic rings. The number of alkyl halides is 2. The summed E-state index contributed by atoms with van der Waals surface area (Å²) in [6.45, 7) is 2.08. The Morgan fingerprint density at radius 1 is 0.750 bits per heavy atom. The van der Waals surface area contributed by atoms with Crippen molar-refractivity contribution >= 4 is 19.8 Å². The van der Waals surface area contributed by atoms with Gasteiger partial charge in [0.1, 0.15) is 0 Å². The molecule has 0 nitrogen and oxygen atoms in total. The molecule has 1 heterocycles. The van der Waals surface area contributed by atoms with E-state index in [0.29, 0.717) is 0 Å². The molecule has 84 valence electrons. The molecule has 16 heavy (non-hydrogen) atoms. The van der Waals surface area contributed by atoms with Crippen LogP contribution in [0.5, 0.6) is 0 Å². The van der Waals surface area contributed by atoms with E-state index in [1.54, 1.807) is 12.4 Å². The maximum absolute atomic E-state index is 2.29. The third kappa shape index (κ3) is 3.97. The van der Waals surface area contributed by atoms with Crippen LogP contribution in [0.3, 0.4) is 0 Å². The average Bonchev–Trinajstić information content (AvgIpc) is 3.16. The van der Waals surface area contributed by atoms with Crippen molar-refractivity contribution in [3.05, 3.63) is 69.8 Å². The summed E-state index contributed by atoms with van der Waals surface area (Å²) in [5.41, 5.74) is 1.32. The van der Waals surface area contributed by atoms with Gasteiger partial charge in [0.2, 0.25) is 0 Å². The van der Waals surface area contributed by atoms with Crippen molar-refractivity contribution in [2.75, 3.05) is 8.86 Å². The van der Waals surface area contributed by atoms with Crippen LogP contribution in [0, 0.1) is 10.5 Å². The van der Waals surface area contributed by atoms with Gasteiger partial charge in [-0.15, -0.1) is 0 Å². The molecular formula is C15H17I. The summed E-state index contributed by atoms with van der Waals surface area (Å²) in [5.74, 6) is 0. The zero-order valence-corrected chi connectivity index (χ0v) is 11.7. The second-order valence-corrected chi connectivity index (χ2v) is 9.79. The van der Waals surface area contributed by atoms with Crippen LogP contribution in [0.4, 0.5) is 0 Å². The number of rotatable bonds is 1. The van der Waals surface area contributed by atoms with Crippen molar-refractivity contribution in [1.82, 2.24) is 0 Å². The summed E-state index contributed by atoms with van der Waals surface area (Å²) in [5, 5.41) is 0. The Kier molecular flexibility index (Phi) is 4.40. The Bertz CT molecular complexity index is 404. The van der Waals surface area contributed by atoms with E-state index in [4.69, 9.17) is 0 Å². The second-order valence-electron chi connectivity index (χ2n) is 3.78. The standard InChI is InChI=1S/C8H9I.C7H8/c1-2-4-8(5-3-1)9-6-7-9;1-7-5-3-2-4-6-7/h1-5H,6-7H2;2-6H,1H3. The maximum atomic E-state index is 2.29. The minimum absolute atomic E-state index is 0.431. The molecule has 3 rings (SSSR count). The van der Waals surface area contributed by atoms with Crippen LogP contribution >= 0.6 is 19.8 Å². The number of halogens is 1. The van der Waals surface area contributed by atoms with E-state index in [9.17, 15) is 0 Å². The fourth-order valence-electron chi connectivity index (χ4n) is 1.38. The van der Waals surface area contributed by atoms with E-state index in [-0.39, 0.29) is 0 Å². The molecule has 0 aliphatic carbocycles. The van der Waals surface area contributed by atoms with E-state index < -0.39 is 19.8 Å². The third-order valence-corrected chi connectivity index (χ3v) is 7.00. The second kappa shape index (κ2) is 6.04. The van der Waals surface area contributed by atoms with Gasteiger partial charge in [0.15, 0.2) is 0 Å². The molecule has 0 N–H and O–H groups in total. The minimum atomic E-state index is -0.431. The first-order valence-electron chi connectivity index (χ1n) is 5.54. The summed E-state index contributed by atoms with van der Waals surface area (Å²) in [6.07, 6.45) is 0. The Hall–Kier alpha value is -0.830. The van der Waals surface area contributed by atoms with E-state index in [0.717, 1.165) is 0 Å². The number of hydrogen-bond donors (Lipinski definition) is 0. The molecule has 0 amide bonds. The molecular weight excluding hydrogens is 307 g/mol. The summed E-state index contributed by atoms with van der Waals surface area (Å²) >= 11 is -0.431. The normalized spacial score (nSPS) is 14.9. The van der Waals surface area contributed by atoms with Gasteiger partial charge in [0.05, 0.1) is 0 Å². The molecule has 0 bridgehead atoms. The van der Waals surface area contributed by atoms with Crippen LogP contribution in [-0.2, 0) is 0 Å². The first-order chi connectivity index (χ1) is 7.86. The van der Waals surface area contributed by atoms with Crippen LogP contribution in [0.1, 0.15) is 5.56 Å². The molecule has 0 atom stereocenters.